The largest absolute Gasteiger partial charge is 0.492 e. The second-order valence-corrected chi connectivity index (χ2v) is 8.64. The summed E-state index contributed by atoms with van der Waals surface area (Å²) < 4.78 is 29.2. The second-order valence-electron chi connectivity index (χ2n) is 6.66. The van der Waals surface area contributed by atoms with E-state index < -0.39 is 9.84 Å². The number of nitrogens with zero attached hydrogens (tertiary/aromatic N) is 1. The average Bonchev–Trinajstić information content (AvgIpc) is 2.62. The topological polar surface area (TPSA) is 79.8 Å². The van der Waals surface area contributed by atoms with Crippen molar-refractivity contribution in [1.29, 1.82) is 0 Å². The van der Waals surface area contributed by atoms with Crippen molar-refractivity contribution in [2.45, 2.75) is 32.2 Å². The highest BCUT2D eigenvalue weighted by atomic mass is 127. The molecule has 6 nitrogen and oxygen atoms in total. The van der Waals surface area contributed by atoms with Gasteiger partial charge in [0.15, 0.2) is 15.8 Å². The Morgan fingerprint density at radius 1 is 1.10 bits per heavy atom. The third kappa shape index (κ3) is 8.61. The van der Waals surface area contributed by atoms with E-state index in [0.717, 1.165) is 29.0 Å². The van der Waals surface area contributed by atoms with Crippen LogP contribution in [-0.4, -0.2) is 40.3 Å². The summed E-state index contributed by atoms with van der Waals surface area (Å²) in [6.45, 7) is 8.18. The number of guanidine groups is 1. The van der Waals surface area contributed by atoms with Gasteiger partial charge in [-0.25, -0.2) is 13.4 Å². The van der Waals surface area contributed by atoms with Crippen molar-refractivity contribution >= 4 is 39.8 Å². The number of aliphatic imine (C=N–C) groups is 1. The van der Waals surface area contributed by atoms with Gasteiger partial charge >= 0.3 is 0 Å². The number of hydrogen-bond donors (Lipinski definition) is 2. The maximum atomic E-state index is 11.7. The van der Waals surface area contributed by atoms with Gasteiger partial charge in [0.25, 0.3) is 0 Å². The Labute approximate surface area is 191 Å². The summed E-state index contributed by atoms with van der Waals surface area (Å²) >= 11 is 0. The highest BCUT2D eigenvalue weighted by molar-refractivity contribution is 14.0. The number of sulfone groups is 1. The zero-order valence-corrected chi connectivity index (χ0v) is 20.5. The average molecular weight is 531 g/mol. The molecular formula is C21H30IN3O3S. The minimum atomic E-state index is -3.21. The molecule has 0 aromatic heterocycles. The zero-order valence-electron chi connectivity index (χ0n) is 17.4. The van der Waals surface area contributed by atoms with Gasteiger partial charge in [0.1, 0.15) is 12.4 Å². The fraction of sp³-hybridized carbons (Fsp3) is 0.381. The fourth-order valence-electron chi connectivity index (χ4n) is 2.78. The van der Waals surface area contributed by atoms with E-state index in [2.05, 4.69) is 15.6 Å². The molecule has 0 amide bonds. The molecule has 0 saturated carbocycles. The highest BCUT2D eigenvalue weighted by Crippen LogP contribution is 2.17. The molecule has 160 valence electrons. The smallest absolute Gasteiger partial charge is 0.191 e. The van der Waals surface area contributed by atoms with Crippen LogP contribution >= 0.6 is 24.0 Å². The standard InChI is InChI=1S/C21H29N3O3S.HI/c1-5-22-21(23-11-12-27-19-8-6-7-16(2)13-19)24-15-18-9-10-20(17(3)14-18)28(4,25)26;/h6-10,13-14H,5,11-12,15H2,1-4H3,(H2,22,23,24);1H. The lowest BCUT2D eigenvalue weighted by molar-refractivity contribution is 0.321. The van der Waals surface area contributed by atoms with Crippen LogP contribution in [0.3, 0.4) is 0 Å². The minimum absolute atomic E-state index is 0. The molecule has 0 aliphatic heterocycles. The summed E-state index contributed by atoms with van der Waals surface area (Å²) in [7, 11) is -3.21. The van der Waals surface area contributed by atoms with Crippen molar-refractivity contribution in [3.63, 3.8) is 0 Å². The normalized spacial score (nSPS) is 11.5. The molecule has 0 unspecified atom stereocenters. The number of halogens is 1. The molecule has 0 radical (unpaired) electrons. The van der Waals surface area contributed by atoms with Crippen molar-refractivity contribution in [3.8, 4) is 5.75 Å². The van der Waals surface area contributed by atoms with Crippen LogP contribution in [0.25, 0.3) is 0 Å². The van der Waals surface area contributed by atoms with E-state index in [9.17, 15) is 8.42 Å². The Balaban J connectivity index is 0.00000420. The van der Waals surface area contributed by atoms with E-state index in [-0.39, 0.29) is 24.0 Å². The van der Waals surface area contributed by atoms with Gasteiger partial charge in [-0.15, -0.1) is 24.0 Å². The molecule has 0 fully saturated rings. The first-order valence-electron chi connectivity index (χ1n) is 9.31. The van der Waals surface area contributed by atoms with Gasteiger partial charge in [-0.2, -0.15) is 0 Å². The third-order valence-electron chi connectivity index (χ3n) is 4.06. The molecule has 0 spiro atoms. The monoisotopic (exact) mass is 531 g/mol. The van der Waals surface area contributed by atoms with Crippen LogP contribution in [-0.2, 0) is 16.4 Å². The van der Waals surface area contributed by atoms with Crippen molar-refractivity contribution in [2.24, 2.45) is 4.99 Å². The number of aryl methyl sites for hydroxylation is 2. The van der Waals surface area contributed by atoms with Crippen molar-refractivity contribution in [1.82, 2.24) is 10.6 Å². The molecular weight excluding hydrogens is 501 g/mol. The first-order chi connectivity index (χ1) is 13.3. The number of hydrogen-bond acceptors (Lipinski definition) is 4. The molecule has 2 rings (SSSR count). The molecule has 2 aromatic carbocycles. The van der Waals surface area contributed by atoms with Gasteiger partial charge in [-0.05, 0) is 55.7 Å². The third-order valence-corrected chi connectivity index (χ3v) is 5.31. The predicted octanol–water partition coefficient (Wildman–Crippen LogP) is 3.46. The van der Waals surface area contributed by atoms with Crippen LogP contribution in [0.15, 0.2) is 52.4 Å². The second kappa shape index (κ2) is 12.0. The minimum Gasteiger partial charge on any atom is -0.492 e. The van der Waals surface area contributed by atoms with E-state index >= 15 is 0 Å². The Bertz CT molecular complexity index is 931. The summed E-state index contributed by atoms with van der Waals surface area (Å²) in [5.41, 5.74) is 2.86. The van der Waals surface area contributed by atoms with Gasteiger partial charge in [0.05, 0.1) is 18.0 Å². The maximum Gasteiger partial charge on any atom is 0.191 e. The fourth-order valence-corrected chi connectivity index (χ4v) is 3.74. The van der Waals surface area contributed by atoms with Crippen LogP contribution in [0.4, 0.5) is 0 Å². The van der Waals surface area contributed by atoms with E-state index in [1.807, 2.05) is 44.2 Å². The molecule has 0 atom stereocenters. The lowest BCUT2D eigenvalue weighted by Gasteiger charge is -2.12. The lowest BCUT2D eigenvalue weighted by atomic mass is 10.1. The Morgan fingerprint density at radius 3 is 2.48 bits per heavy atom. The van der Waals surface area contributed by atoms with Crippen LogP contribution in [0.2, 0.25) is 0 Å². The van der Waals surface area contributed by atoms with E-state index in [1.165, 1.54) is 6.26 Å². The molecule has 0 bridgehead atoms. The van der Waals surface area contributed by atoms with Crippen LogP contribution in [0, 0.1) is 13.8 Å². The van der Waals surface area contributed by atoms with Gasteiger partial charge in [-0.3, -0.25) is 0 Å². The first-order valence-corrected chi connectivity index (χ1v) is 11.2. The summed E-state index contributed by atoms with van der Waals surface area (Å²) in [6.07, 6.45) is 1.22. The van der Waals surface area contributed by atoms with Gasteiger partial charge in [-0.1, -0.05) is 24.3 Å². The summed E-state index contributed by atoms with van der Waals surface area (Å²) in [4.78, 5) is 4.92. The quantitative estimate of drug-likeness (QED) is 0.236. The highest BCUT2D eigenvalue weighted by Gasteiger charge is 2.10. The number of nitrogens with one attached hydrogen (secondary N) is 2. The SMILES string of the molecule is CCNC(=NCc1ccc(S(C)(=O)=O)c(C)c1)NCCOc1cccc(C)c1.I. The van der Waals surface area contributed by atoms with Crippen molar-refractivity contribution in [3.05, 3.63) is 59.2 Å². The number of rotatable bonds is 8. The van der Waals surface area contributed by atoms with E-state index in [0.29, 0.717) is 30.6 Å². The molecule has 29 heavy (non-hydrogen) atoms. The lowest BCUT2D eigenvalue weighted by Crippen LogP contribution is -2.39. The first kappa shape index (κ1) is 25.2. The molecule has 0 aliphatic carbocycles. The maximum absolute atomic E-state index is 11.7. The van der Waals surface area contributed by atoms with Gasteiger partial charge < -0.3 is 15.4 Å². The summed E-state index contributed by atoms with van der Waals surface area (Å²) in [6, 6.07) is 13.3. The van der Waals surface area contributed by atoms with E-state index in [4.69, 9.17) is 4.74 Å². The zero-order chi connectivity index (χ0) is 20.6. The Morgan fingerprint density at radius 2 is 1.86 bits per heavy atom. The molecule has 0 saturated heterocycles. The molecule has 0 aliphatic rings. The molecule has 2 N–H and O–H groups in total. The molecule has 2 aromatic rings. The predicted molar refractivity (Wildman–Crippen MR) is 129 cm³/mol. The Kier molecular flexibility index (Phi) is 10.5. The van der Waals surface area contributed by atoms with Crippen LogP contribution < -0.4 is 15.4 Å². The molecule has 8 heteroatoms. The van der Waals surface area contributed by atoms with Crippen molar-refractivity contribution in [2.75, 3.05) is 26.0 Å². The van der Waals surface area contributed by atoms with Crippen molar-refractivity contribution < 1.29 is 13.2 Å². The van der Waals surface area contributed by atoms with Gasteiger partial charge in [0, 0.05) is 12.8 Å². The summed E-state index contributed by atoms with van der Waals surface area (Å²) in [5.74, 6) is 1.55. The number of benzene rings is 2. The van der Waals surface area contributed by atoms with E-state index in [1.54, 1.807) is 19.1 Å². The van der Waals surface area contributed by atoms with Gasteiger partial charge in [0.2, 0.25) is 0 Å². The Hall–Kier alpha value is -1.81. The van der Waals surface area contributed by atoms with Crippen LogP contribution in [0.1, 0.15) is 23.6 Å². The number of ether oxygens (including phenoxy) is 1. The molecule has 0 heterocycles. The van der Waals surface area contributed by atoms with Crippen LogP contribution in [0.5, 0.6) is 5.75 Å². The summed E-state index contributed by atoms with van der Waals surface area (Å²) in [5, 5.41) is 6.44.